The van der Waals surface area contributed by atoms with Gasteiger partial charge in [-0.05, 0) is 72.3 Å². The molecule has 1 aromatic carbocycles. The molecule has 0 radical (unpaired) electrons. The molecular weight excluding hydrogens is 432 g/mol. The number of rotatable bonds is 11. The highest BCUT2D eigenvalue weighted by Crippen LogP contribution is 2.40. The Bertz CT molecular complexity index is 893. The molecule has 178 valence electrons. The van der Waals surface area contributed by atoms with Crippen LogP contribution in [0.3, 0.4) is 0 Å². The van der Waals surface area contributed by atoms with Crippen LogP contribution >= 0.6 is 11.6 Å². The van der Waals surface area contributed by atoms with E-state index in [1.165, 1.54) is 6.92 Å². The number of aliphatic hydroxyl groups is 1. The van der Waals surface area contributed by atoms with Crippen LogP contribution in [0.15, 0.2) is 23.3 Å². The molecule has 0 spiro atoms. The topological polar surface area (TPSA) is 104 Å². The van der Waals surface area contributed by atoms with E-state index in [4.69, 9.17) is 16.3 Å². The molecule has 0 aliphatic heterocycles. The van der Waals surface area contributed by atoms with E-state index in [1.807, 2.05) is 19.9 Å². The van der Waals surface area contributed by atoms with Gasteiger partial charge in [-0.3, -0.25) is 9.59 Å². The molecule has 6 nitrogen and oxygen atoms in total. The molecule has 7 heteroatoms. The van der Waals surface area contributed by atoms with Crippen LogP contribution in [-0.2, 0) is 16.0 Å². The van der Waals surface area contributed by atoms with Gasteiger partial charge in [0.25, 0.3) is 0 Å². The Balaban J connectivity index is 2.72. The predicted molar refractivity (Wildman–Crippen MR) is 126 cm³/mol. The van der Waals surface area contributed by atoms with Crippen molar-refractivity contribution in [2.45, 2.75) is 85.4 Å². The summed E-state index contributed by atoms with van der Waals surface area (Å²) in [7, 11) is 0. The number of halogens is 1. The second-order valence-electron chi connectivity index (χ2n) is 8.78. The molecule has 0 unspecified atom stereocenters. The fraction of sp³-hybridized carbons (Fsp3) is 0.520. The summed E-state index contributed by atoms with van der Waals surface area (Å²) >= 11 is 6.09. The summed E-state index contributed by atoms with van der Waals surface area (Å²) in [6.07, 6.45) is 7.02. The van der Waals surface area contributed by atoms with E-state index in [9.17, 15) is 24.9 Å². The van der Waals surface area contributed by atoms with Gasteiger partial charge in [0.05, 0.1) is 16.2 Å². The highest BCUT2D eigenvalue weighted by molar-refractivity contribution is 6.33. The molecule has 0 heterocycles. The molecule has 0 saturated carbocycles. The number of phenols is 2. The zero-order valence-electron chi connectivity index (χ0n) is 19.8. The number of allylic oxidation sites excluding steroid dienone is 4. The molecule has 3 N–H and O–H groups in total. The minimum atomic E-state index is -1.11. The van der Waals surface area contributed by atoms with Crippen molar-refractivity contribution in [3.8, 4) is 11.5 Å². The van der Waals surface area contributed by atoms with Crippen LogP contribution in [0, 0.1) is 6.92 Å². The van der Waals surface area contributed by atoms with Gasteiger partial charge < -0.3 is 20.1 Å². The van der Waals surface area contributed by atoms with Gasteiger partial charge in [-0.15, -0.1) is 0 Å². The molecule has 1 aromatic rings. The number of benzene rings is 1. The average Bonchev–Trinajstić information content (AvgIpc) is 2.68. The maximum atomic E-state index is 11.3. The van der Waals surface area contributed by atoms with Crippen molar-refractivity contribution in [2.75, 3.05) is 0 Å². The van der Waals surface area contributed by atoms with Crippen LogP contribution in [-0.4, -0.2) is 39.3 Å². The molecule has 1 rings (SSSR count). The third-order valence-corrected chi connectivity index (χ3v) is 5.93. The second kappa shape index (κ2) is 12.1. The third kappa shape index (κ3) is 7.99. The number of esters is 1. The number of hydrogen-bond donors (Lipinski definition) is 3. The van der Waals surface area contributed by atoms with E-state index in [2.05, 4.69) is 6.08 Å². The van der Waals surface area contributed by atoms with Crippen molar-refractivity contribution in [1.29, 1.82) is 0 Å². The van der Waals surface area contributed by atoms with Crippen molar-refractivity contribution in [2.24, 2.45) is 0 Å². The van der Waals surface area contributed by atoms with E-state index in [0.717, 1.165) is 24.0 Å². The van der Waals surface area contributed by atoms with E-state index < -0.39 is 17.7 Å². The van der Waals surface area contributed by atoms with Crippen LogP contribution in [0.4, 0.5) is 0 Å². The standard InChI is InChI=1S/C25H35ClO6/c1-15(10-12-19-23(29)20(14-27)17(3)22(26)24(19)30)8-7-9-16(2)11-13-21(25(5,6)31)32-18(4)28/h9-10,14,21,29-31H,7-8,11-13H2,1-6H3/b15-10+,16-9+/t21-/m0/s1. The highest BCUT2D eigenvalue weighted by atomic mass is 35.5. The maximum Gasteiger partial charge on any atom is 0.303 e. The molecular formula is C25H35ClO6. The van der Waals surface area contributed by atoms with Crippen molar-refractivity contribution in [3.05, 3.63) is 45.0 Å². The van der Waals surface area contributed by atoms with Gasteiger partial charge in [-0.25, -0.2) is 0 Å². The van der Waals surface area contributed by atoms with E-state index >= 15 is 0 Å². The van der Waals surface area contributed by atoms with Crippen molar-refractivity contribution < 1.29 is 29.6 Å². The van der Waals surface area contributed by atoms with Gasteiger partial charge in [-0.2, -0.15) is 0 Å². The Morgan fingerprint density at radius 3 is 2.22 bits per heavy atom. The average molecular weight is 467 g/mol. The Labute approximate surface area is 195 Å². The molecule has 0 saturated heterocycles. The summed E-state index contributed by atoms with van der Waals surface area (Å²) < 4.78 is 5.24. The van der Waals surface area contributed by atoms with Gasteiger partial charge in [-0.1, -0.05) is 34.9 Å². The highest BCUT2D eigenvalue weighted by Gasteiger charge is 2.29. The Morgan fingerprint density at radius 2 is 1.69 bits per heavy atom. The Hall–Kier alpha value is -2.31. The smallest absolute Gasteiger partial charge is 0.303 e. The Morgan fingerprint density at radius 1 is 1.09 bits per heavy atom. The summed E-state index contributed by atoms with van der Waals surface area (Å²) in [4.78, 5) is 22.5. The fourth-order valence-corrected chi connectivity index (χ4v) is 3.58. The van der Waals surface area contributed by atoms with Gasteiger partial charge in [0.15, 0.2) is 6.29 Å². The quantitative estimate of drug-likeness (QED) is 0.224. The molecule has 0 bridgehead atoms. The zero-order chi connectivity index (χ0) is 24.6. The lowest BCUT2D eigenvalue weighted by molar-refractivity contribution is -0.159. The van der Waals surface area contributed by atoms with E-state index in [-0.39, 0.29) is 34.1 Å². The zero-order valence-corrected chi connectivity index (χ0v) is 20.5. The van der Waals surface area contributed by atoms with Crippen LogP contribution in [0.1, 0.15) is 81.8 Å². The molecule has 0 aliphatic rings. The molecule has 1 atom stereocenters. The Kier molecular flexibility index (Phi) is 10.5. The largest absolute Gasteiger partial charge is 0.507 e. The minimum Gasteiger partial charge on any atom is -0.507 e. The fourth-order valence-electron chi connectivity index (χ4n) is 3.36. The van der Waals surface area contributed by atoms with Gasteiger partial charge in [0.2, 0.25) is 0 Å². The number of hydrogen-bond acceptors (Lipinski definition) is 6. The number of phenolic OH excluding ortho intramolecular Hbond substituents is 2. The normalized spacial score (nSPS) is 13.8. The van der Waals surface area contributed by atoms with Crippen LogP contribution < -0.4 is 0 Å². The first-order valence-electron chi connectivity index (χ1n) is 10.7. The number of carbonyl (C=O) groups excluding carboxylic acids is 2. The number of aldehydes is 1. The first-order chi connectivity index (χ1) is 14.8. The van der Waals surface area contributed by atoms with Gasteiger partial charge in [0, 0.05) is 12.5 Å². The monoisotopic (exact) mass is 466 g/mol. The molecule has 0 aliphatic carbocycles. The summed E-state index contributed by atoms with van der Waals surface area (Å²) in [6.45, 7) is 10.1. The number of ether oxygens (including phenoxy) is 1. The van der Waals surface area contributed by atoms with Crippen LogP contribution in [0.2, 0.25) is 5.02 Å². The molecule has 32 heavy (non-hydrogen) atoms. The molecule has 0 amide bonds. The summed E-state index contributed by atoms with van der Waals surface area (Å²) in [6, 6.07) is 0. The predicted octanol–water partition coefficient (Wildman–Crippen LogP) is 5.57. The molecule has 0 fully saturated rings. The SMILES string of the molecule is CC(=O)O[C@@H](CC/C(C)=C/CC/C(C)=C/Cc1c(O)c(Cl)c(C)c(C=O)c1O)C(C)(C)O. The van der Waals surface area contributed by atoms with E-state index in [0.29, 0.717) is 24.7 Å². The summed E-state index contributed by atoms with van der Waals surface area (Å²) in [5, 5.41) is 30.8. The maximum absolute atomic E-state index is 11.3. The molecule has 0 aromatic heterocycles. The third-order valence-electron chi connectivity index (χ3n) is 5.47. The first-order valence-corrected chi connectivity index (χ1v) is 11.1. The van der Waals surface area contributed by atoms with Gasteiger partial charge in [0.1, 0.15) is 17.6 Å². The van der Waals surface area contributed by atoms with E-state index in [1.54, 1.807) is 20.8 Å². The van der Waals surface area contributed by atoms with Crippen molar-refractivity contribution in [3.63, 3.8) is 0 Å². The summed E-state index contributed by atoms with van der Waals surface area (Å²) in [5.41, 5.74) is 1.76. The number of carbonyl (C=O) groups is 2. The lowest BCUT2D eigenvalue weighted by Gasteiger charge is -2.28. The minimum absolute atomic E-state index is 0.0719. The van der Waals surface area contributed by atoms with Crippen LogP contribution in [0.5, 0.6) is 11.5 Å². The lowest BCUT2D eigenvalue weighted by atomic mass is 9.95. The van der Waals surface area contributed by atoms with Gasteiger partial charge >= 0.3 is 5.97 Å². The second-order valence-corrected chi connectivity index (χ2v) is 9.16. The number of aromatic hydroxyl groups is 2. The first kappa shape index (κ1) is 27.7. The summed E-state index contributed by atoms with van der Waals surface area (Å²) in [5.74, 6) is -0.860. The lowest BCUT2D eigenvalue weighted by Crippen LogP contribution is -2.39. The van der Waals surface area contributed by atoms with Crippen molar-refractivity contribution in [1.82, 2.24) is 0 Å². The van der Waals surface area contributed by atoms with Crippen LogP contribution in [0.25, 0.3) is 0 Å². The van der Waals surface area contributed by atoms with Crippen molar-refractivity contribution >= 4 is 23.9 Å².